The van der Waals surface area contributed by atoms with Crippen LogP contribution in [0.5, 0.6) is 0 Å². The van der Waals surface area contributed by atoms with Gasteiger partial charge in [0.15, 0.2) is 5.78 Å². The molecule has 5 heteroatoms. The Balaban J connectivity index is 1.98. The first-order valence-corrected chi connectivity index (χ1v) is 7.42. The van der Waals surface area contributed by atoms with Gasteiger partial charge < -0.3 is 10.6 Å². The molecule has 0 spiro atoms. The third-order valence-corrected chi connectivity index (χ3v) is 3.30. The average molecular weight is 322 g/mol. The Labute approximate surface area is 140 Å². The molecule has 0 saturated carbocycles. The van der Waals surface area contributed by atoms with Crippen molar-refractivity contribution >= 4 is 29.0 Å². The molecule has 2 rings (SSSR count). The summed E-state index contributed by atoms with van der Waals surface area (Å²) in [5, 5.41) is 5.36. The van der Waals surface area contributed by atoms with E-state index in [2.05, 4.69) is 10.6 Å². The maximum atomic E-state index is 12.1. The number of carbonyl (C=O) groups excluding carboxylic acids is 3. The number of para-hydroxylation sites is 1. The lowest BCUT2D eigenvalue weighted by Gasteiger charge is -2.06. The molecule has 122 valence electrons. The number of carbonyl (C=O) groups is 3. The fourth-order valence-electron chi connectivity index (χ4n) is 1.98. The van der Waals surface area contributed by atoms with Crippen molar-refractivity contribution in [3.05, 3.63) is 71.8 Å². The molecule has 0 atom stereocenters. The molecule has 2 amide bonds. The van der Waals surface area contributed by atoms with E-state index < -0.39 is 0 Å². The maximum Gasteiger partial charge on any atom is 0.251 e. The van der Waals surface area contributed by atoms with E-state index >= 15 is 0 Å². The molecule has 5 nitrogen and oxygen atoms in total. The van der Waals surface area contributed by atoms with Gasteiger partial charge in [0.05, 0.1) is 0 Å². The highest BCUT2D eigenvalue weighted by Gasteiger charge is 2.08. The summed E-state index contributed by atoms with van der Waals surface area (Å²) >= 11 is 0. The summed E-state index contributed by atoms with van der Waals surface area (Å²) in [6.07, 6.45) is 1.24. The zero-order chi connectivity index (χ0) is 17.5. The van der Waals surface area contributed by atoms with Gasteiger partial charge >= 0.3 is 0 Å². The second-order valence-corrected chi connectivity index (χ2v) is 5.27. The van der Waals surface area contributed by atoms with E-state index in [1.165, 1.54) is 13.0 Å². The smallest absolute Gasteiger partial charge is 0.251 e. The number of benzene rings is 2. The average Bonchev–Trinajstić information content (AvgIpc) is 2.56. The Morgan fingerprint density at radius 3 is 1.96 bits per heavy atom. The highest BCUT2D eigenvalue weighted by atomic mass is 16.2. The first kappa shape index (κ1) is 17.1. The number of nitrogens with one attached hydrogen (secondary N) is 2. The summed E-state index contributed by atoms with van der Waals surface area (Å²) in [5.41, 5.74) is 2.06. The summed E-state index contributed by atoms with van der Waals surface area (Å²) in [6.45, 7) is 3.04. The maximum absolute atomic E-state index is 12.1. The number of Topliss-reactive ketones (excluding diaryl/α,β-unsaturated/α-hetero) is 1. The van der Waals surface area contributed by atoms with Crippen LogP contribution in [0.3, 0.4) is 0 Å². The standard InChI is InChI=1S/C19H18N2O3/c1-13(12-18(23)20-16-6-4-3-5-7-16)19(24)21-17-10-8-15(9-11-17)14(2)22/h3-12H,1-2H3,(H,20,23)(H,21,24)/b13-12-. The Hall–Kier alpha value is -3.21. The van der Waals surface area contributed by atoms with Gasteiger partial charge in [-0.25, -0.2) is 0 Å². The molecule has 24 heavy (non-hydrogen) atoms. The molecule has 0 fully saturated rings. The van der Waals surface area contributed by atoms with Crippen LogP contribution in [0.4, 0.5) is 11.4 Å². The largest absolute Gasteiger partial charge is 0.323 e. The van der Waals surface area contributed by atoms with Crippen molar-refractivity contribution < 1.29 is 14.4 Å². The fraction of sp³-hybridized carbons (Fsp3) is 0.105. The summed E-state index contributed by atoms with van der Waals surface area (Å²) < 4.78 is 0. The highest BCUT2D eigenvalue weighted by molar-refractivity contribution is 6.10. The van der Waals surface area contributed by atoms with Crippen molar-refractivity contribution in [3.63, 3.8) is 0 Å². The third kappa shape index (κ3) is 4.91. The molecule has 0 bridgehead atoms. The number of amides is 2. The van der Waals surface area contributed by atoms with Crippen LogP contribution < -0.4 is 10.6 Å². The molecule has 2 N–H and O–H groups in total. The Morgan fingerprint density at radius 2 is 1.38 bits per heavy atom. The number of hydrogen-bond acceptors (Lipinski definition) is 3. The van der Waals surface area contributed by atoms with Gasteiger partial charge in [0, 0.05) is 28.6 Å². The van der Waals surface area contributed by atoms with E-state index in [9.17, 15) is 14.4 Å². The molecule has 0 aliphatic heterocycles. The Bertz CT molecular complexity index is 778. The molecule has 0 heterocycles. The minimum absolute atomic E-state index is 0.0402. The second-order valence-electron chi connectivity index (χ2n) is 5.27. The molecule has 0 saturated heterocycles. The van der Waals surface area contributed by atoms with Crippen molar-refractivity contribution in [2.45, 2.75) is 13.8 Å². The van der Waals surface area contributed by atoms with Gasteiger partial charge in [-0.15, -0.1) is 0 Å². The SMILES string of the molecule is CC(=O)c1ccc(NC(=O)/C(C)=C\C(=O)Nc2ccccc2)cc1. The quantitative estimate of drug-likeness (QED) is 0.654. The monoisotopic (exact) mass is 322 g/mol. The van der Waals surface area contributed by atoms with Gasteiger partial charge in [-0.3, -0.25) is 14.4 Å². The van der Waals surface area contributed by atoms with Crippen LogP contribution >= 0.6 is 0 Å². The van der Waals surface area contributed by atoms with Gasteiger partial charge in [0.2, 0.25) is 5.91 Å². The van der Waals surface area contributed by atoms with Crippen LogP contribution in [0, 0.1) is 0 Å². The van der Waals surface area contributed by atoms with Gasteiger partial charge in [-0.2, -0.15) is 0 Å². The lowest BCUT2D eigenvalue weighted by Crippen LogP contribution is -2.16. The lowest BCUT2D eigenvalue weighted by atomic mass is 10.1. The van der Waals surface area contributed by atoms with Crippen LogP contribution in [-0.4, -0.2) is 17.6 Å². The van der Waals surface area contributed by atoms with Crippen LogP contribution in [-0.2, 0) is 9.59 Å². The van der Waals surface area contributed by atoms with Crippen LogP contribution in [0.2, 0.25) is 0 Å². The van der Waals surface area contributed by atoms with E-state index in [0.29, 0.717) is 16.9 Å². The number of hydrogen-bond donors (Lipinski definition) is 2. The molecule has 2 aromatic rings. The molecular formula is C19H18N2O3. The first-order valence-electron chi connectivity index (χ1n) is 7.42. The Morgan fingerprint density at radius 1 is 0.792 bits per heavy atom. The van der Waals surface area contributed by atoms with E-state index in [-0.39, 0.29) is 23.2 Å². The van der Waals surface area contributed by atoms with Gasteiger partial charge in [-0.05, 0) is 50.2 Å². The molecule has 0 unspecified atom stereocenters. The molecule has 0 aromatic heterocycles. The van der Waals surface area contributed by atoms with Gasteiger partial charge in [-0.1, -0.05) is 18.2 Å². The minimum Gasteiger partial charge on any atom is -0.323 e. The Kier molecular flexibility index (Phi) is 5.63. The van der Waals surface area contributed by atoms with Gasteiger partial charge in [0.25, 0.3) is 5.91 Å². The lowest BCUT2D eigenvalue weighted by molar-refractivity contribution is -0.114. The zero-order valence-electron chi connectivity index (χ0n) is 13.5. The molecule has 0 radical (unpaired) electrons. The summed E-state index contributed by atoms with van der Waals surface area (Å²) in [6, 6.07) is 15.6. The van der Waals surface area contributed by atoms with Gasteiger partial charge in [0.1, 0.15) is 0 Å². The van der Waals surface area contributed by atoms with E-state index in [1.54, 1.807) is 43.3 Å². The minimum atomic E-state index is -0.381. The van der Waals surface area contributed by atoms with Crippen molar-refractivity contribution in [2.75, 3.05) is 10.6 Å². The number of rotatable bonds is 5. The molecule has 2 aromatic carbocycles. The van der Waals surface area contributed by atoms with Crippen LogP contribution in [0.1, 0.15) is 24.2 Å². The summed E-state index contributed by atoms with van der Waals surface area (Å²) in [5.74, 6) is -0.795. The number of ketones is 1. The van der Waals surface area contributed by atoms with Crippen molar-refractivity contribution in [1.82, 2.24) is 0 Å². The zero-order valence-corrected chi connectivity index (χ0v) is 13.5. The van der Waals surface area contributed by atoms with E-state index in [4.69, 9.17) is 0 Å². The summed E-state index contributed by atoms with van der Waals surface area (Å²) in [7, 11) is 0. The van der Waals surface area contributed by atoms with E-state index in [1.807, 2.05) is 18.2 Å². The highest BCUT2D eigenvalue weighted by Crippen LogP contribution is 2.11. The van der Waals surface area contributed by atoms with E-state index in [0.717, 1.165) is 0 Å². The molecule has 0 aliphatic rings. The normalized spacial score (nSPS) is 10.8. The summed E-state index contributed by atoms with van der Waals surface area (Å²) in [4.78, 5) is 35.2. The van der Waals surface area contributed by atoms with Crippen molar-refractivity contribution in [2.24, 2.45) is 0 Å². The van der Waals surface area contributed by atoms with Crippen molar-refractivity contribution in [3.8, 4) is 0 Å². The van der Waals surface area contributed by atoms with Crippen LogP contribution in [0.15, 0.2) is 66.2 Å². The van der Waals surface area contributed by atoms with Crippen molar-refractivity contribution in [1.29, 1.82) is 0 Å². The topological polar surface area (TPSA) is 75.3 Å². The predicted octanol–water partition coefficient (Wildman–Crippen LogP) is 3.41. The van der Waals surface area contributed by atoms with Crippen LogP contribution in [0.25, 0.3) is 0 Å². The number of anilines is 2. The molecule has 0 aliphatic carbocycles. The molecular weight excluding hydrogens is 304 g/mol. The second kappa shape index (κ2) is 7.87. The fourth-order valence-corrected chi connectivity index (χ4v) is 1.98. The third-order valence-electron chi connectivity index (χ3n) is 3.30. The first-order chi connectivity index (χ1) is 11.5. The predicted molar refractivity (Wildman–Crippen MR) is 93.9 cm³/mol.